The van der Waals surface area contributed by atoms with Gasteiger partial charge in [-0.15, -0.1) is 19.0 Å². The first kappa shape index (κ1) is 35.3. The normalized spacial score (nSPS) is 19.0. The summed E-state index contributed by atoms with van der Waals surface area (Å²) in [6.45, 7) is 7.09. The van der Waals surface area contributed by atoms with Crippen LogP contribution >= 0.6 is 24.2 Å². The Morgan fingerprint density at radius 3 is 1.76 bits per heavy atom. The standard InChI is InChI=1S/C33H63NOS.ClH/c1-3-5-7-9-11-13-21-27-33(26-20-12-10-8-6-4-2)36-29-32(35)28-34(30-22-16-14-17-23-30)31-24-18-15-19-25-31;/h4,30-33,35H,2-3,5-29H2,1H3;1H. The molecule has 2 fully saturated rings. The number of aliphatic hydroxyl groups is 1. The second-order valence-corrected chi connectivity index (χ2v) is 13.4. The molecule has 0 spiro atoms. The quantitative estimate of drug-likeness (QED) is 0.106. The minimum Gasteiger partial charge on any atom is -0.391 e. The van der Waals surface area contributed by atoms with Crippen molar-refractivity contribution in [3.8, 4) is 0 Å². The molecular weight excluding hydrogens is 494 g/mol. The number of thioether (sulfide) groups is 1. The van der Waals surface area contributed by atoms with Crippen molar-refractivity contribution in [2.24, 2.45) is 0 Å². The number of hydrogen-bond acceptors (Lipinski definition) is 3. The number of aliphatic hydroxyl groups excluding tert-OH is 1. The number of allylic oxidation sites excluding steroid dienone is 1. The Hall–Kier alpha value is 0.300. The zero-order valence-electron chi connectivity index (χ0n) is 24.7. The van der Waals surface area contributed by atoms with Crippen molar-refractivity contribution in [3.05, 3.63) is 12.7 Å². The molecule has 2 unspecified atom stereocenters. The van der Waals surface area contributed by atoms with Gasteiger partial charge < -0.3 is 5.11 Å². The van der Waals surface area contributed by atoms with E-state index in [2.05, 4.69) is 36.2 Å². The summed E-state index contributed by atoms with van der Waals surface area (Å²) in [5, 5.41) is 12.0. The van der Waals surface area contributed by atoms with Gasteiger partial charge in [0.2, 0.25) is 0 Å². The Morgan fingerprint density at radius 2 is 1.24 bits per heavy atom. The van der Waals surface area contributed by atoms with E-state index in [9.17, 15) is 5.11 Å². The molecule has 2 atom stereocenters. The van der Waals surface area contributed by atoms with Crippen LogP contribution in [0.2, 0.25) is 0 Å². The monoisotopic (exact) mass is 557 g/mol. The van der Waals surface area contributed by atoms with E-state index in [1.165, 1.54) is 154 Å². The van der Waals surface area contributed by atoms with Gasteiger partial charge in [-0.2, -0.15) is 11.8 Å². The summed E-state index contributed by atoms with van der Waals surface area (Å²) in [6, 6.07) is 1.47. The Balaban J connectivity index is 0.00000684. The Bertz CT molecular complexity index is 489. The van der Waals surface area contributed by atoms with E-state index in [1.54, 1.807) is 0 Å². The van der Waals surface area contributed by atoms with Crippen molar-refractivity contribution in [1.29, 1.82) is 0 Å². The second kappa shape index (κ2) is 24.1. The number of halogens is 1. The van der Waals surface area contributed by atoms with E-state index in [1.807, 2.05) is 0 Å². The zero-order valence-corrected chi connectivity index (χ0v) is 26.3. The van der Waals surface area contributed by atoms with Crippen LogP contribution in [0.1, 0.15) is 161 Å². The van der Waals surface area contributed by atoms with Crippen molar-refractivity contribution in [2.45, 2.75) is 184 Å². The summed E-state index contributed by atoms with van der Waals surface area (Å²) >= 11 is 2.11. The molecule has 4 heteroatoms. The fourth-order valence-electron chi connectivity index (χ4n) is 6.62. The van der Waals surface area contributed by atoms with Crippen LogP contribution < -0.4 is 0 Å². The third kappa shape index (κ3) is 16.9. The minimum absolute atomic E-state index is 0. The van der Waals surface area contributed by atoms with Gasteiger partial charge in [0.1, 0.15) is 0 Å². The molecule has 0 bridgehead atoms. The molecule has 1 N–H and O–H groups in total. The minimum atomic E-state index is -0.164. The van der Waals surface area contributed by atoms with E-state index in [0.717, 1.165) is 29.6 Å². The van der Waals surface area contributed by atoms with Crippen LogP contribution in [0.25, 0.3) is 0 Å². The molecule has 2 aliphatic rings. The lowest BCUT2D eigenvalue weighted by molar-refractivity contribution is 0.0369. The van der Waals surface area contributed by atoms with Crippen molar-refractivity contribution in [1.82, 2.24) is 4.90 Å². The zero-order chi connectivity index (χ0) is 25.7. The predicted molar refractivity (Wildman–Crippen MR) is 170 cm³/mol. The van der Waals surface area contributed by atoms with Crippen molar-refractivity contribution in [3.63, 3.8) is 0 Å². The molecule has 220 valence electrons. The Morgan fingerprint density at radius 1 is 0.757 bits per heavy atom. The maximum Gasteiger partial charge on any atom is 0.0757 e. The van der Waals surface area contributed by atoms with Gasteiger partial charge in [0.25, 0.3) is 0 Å². The lowest BCUT2D eigenvalue weighted by atomic mass is 9.88. The molecule has 0 aromatic rings. The predicted octanol–water partition coefficient (Wildman–Crippen LogP) is 10.5. The smallest absolute Gasteiger partial charge is 0.0757 e. The number of hydrogen-bond donors (Lipinski definition) is 1. The van der Waals surface area contributed by atoms with Gasteiger partial charge in [-0.05, 0) is 51.4 Å². The van der Waals surface area contributed by atoms with Crippen LogP contribution in [0.4, 0.5) is 0 Å². The van der Waals surface area contributed by atoms with E-state index >= 15 is 0 Å². The molecule has 0 aliphatic heterocycles. The van der Waals surface area contributed by atoms with Gasteiger partial charge in [-0.3, -0.25) is 4.90 Å². The first-order valence-corrected chi connectivity index (χ1v) is 17.5. The molecule has 2 aliphatic carbocycles. The van der Waals surface area contributed by atoms with E-state index in [-0.39, 0.29) is 18.5 Å². The van der Waals surface area contributed by atoms with E-state index < -0.39 is 0 Å². The molecule has 0 amide bonds. The molecule has 0 heterocycles. The molecule has 2 saturated carbocycles. The molecule has 0 aromatic heterocycles. The highest BCUT2D eigenvalue weighted by atomic mass is 35.5. The molecule has 0 aromatic carbocycles. The maximum absolute atomic E-state index is 11.2. The maximum atomic E-state index is 11.2. The average Bonchev–Trinajstić information content (AvgIpc) is 2.92. The highest BCUT2D eigenvalue weighted by molar-refractivity contribution is 7.99. The van der Waals surface area contributed by atoms with Gasteiger partial charge in [0.15, 0.2) is 0 Å². The topological polar surface area (TPSA) is 23.5 Å². The molecule has 37 heavy (non-hydrogen) atoms. The lowest BCUT2D eigenvalue weighted by Crippen LogP contribution is -2.49. The Labute approximate surface area is 243 Å². The van der Waals surface area contributed by atoms with E-state index in [0.29, 0.717) is 0 Å². The van der Waals surface area contributed by atoms with Gasteiger partial charge >= 0.3 is 0 Å². The molecule has 0 radical (unpaired) electrons. The van der Waals surface area contributed by atoms with Crippen molar-refractivity contribution >= 4 is 24.2 Å². The summed E-state index contributed by atoms with van der Waals surface area (Å²) in [6.07, 6.45) is 34.8. The third-order valence-corrected chi connectivity index (χ3v) is 10.4. The number of rotatable bonds is 22. The largest absolute Gasteiger partial charge is 0.391 e. The van der Waals surface area contributed by atoms with Gasteiger partial charge in [0.05, 0.1) is 6.10 Å². The summed E-state index contributed by atoms with van der Waals surface area (Å²) in [7, 11) is 0. The van der Waals surface area contributed by atoms with Crippen LogP contribution in [-0.4, -0.2) is 45.7 Å². The van der Waals surface area contributed by atoms with E-state index in [4.69, 9.17) is 0 Å². The van der Waals surface area contributed by atoms with Crippen molar-refractivity contribution < 1.29 is 5.11 Å². The molecule has 2 rings (SSSR count). The lowest BCUT2D eigenvalue weighted by Gasteiger charge is -2.42. The van der Waals surface area contributed by atoms with Gasteiger partial charge in [-0.25, -0.2) is 0 Å². The molecule has 2 nitrogen and oxygen atoms in total. The first-order chi connectivity index (χ1) is 17.7. The first-order valence-electron chi connectivity index (χ1n) is 16.4. The third-order valence-electron chi connectivity index (χ3n) is 8.85. The fraction of sp³-hybridized carbons (Fsp3) is 0.939. The summed E-state index contributed by atoms with van der Waals surface area (Å²) < 4.78 is 0. The summed E-state index contributed by atoms with van der Waals surface area (Å²) in [5.74, 6) is 0.938. The summed E-state index contributed by atoms with van der Waals surface area (Å²) in [4.78, 5) is 2.80. The second-order valence-electron chi connectivity index (χ2n) is 12.1. The van der Waals surface area contributed by atoms with Crippen LogP contribution in [-0.2, 0) is 0 Å². The fourth-order valence-corrected chi connectivity index (χ4v) is 7.89. The summed E-state index contributed by atoms with van der Waals surface area (Å²) in [5.41, 5.74) is 0. The van der Waals surface area contributed by atoms with Gasteiger partial charge in [-0.1, -0.05) is 116 Å². The van der Waals surface area contributed by atoms with Crippen LogP contribution in [0.15, 0.2) is 12.7 Å². The average molecular weight is 558 g/mol. The van der Waals surface area contributed by atoms with Gasteiger partial charge in [0, 0.05) is 29.6 Å². The molecular formula is C33H64ClNOS. The van der Waals surface area contributed by atoms with Crippen LogP contribution in [0.5, 0.6) is 0 Å². The van der Waals surface area contributed by atoms with Crippen LogP contribution in [0, 0.1) is 0 Å². The Kier molecular flexibility index (Phi) is 23.0. The highest BCUT2D eigenvalue weighted by Crippen LogP contribution is 2.31. The SMILES string of the molecule is C=CCCCCCCC(CCCCCCCCC)SCC(O)CN(C1CCCCC1)C1CCCCC1.Cl. The van der Waals surface area contributed by atoms with Crippen molar-refractivity contribution in [2.75, 3.05) is 12.3 Å². The highest BCUT2D eigenvalue weighted by Gasteiger charge is 2.30. The number of nitrogens with zero attached hydrogens (tertiary/aromatic N) is 1. The van der Waals surface area contributed by atoms with Crippen LogP contribution in [0.3, 0.4) is 0 Å². The molecule has 0 saturated heterocycles. The number of unbranched alkanes of at least 4 members (excludes halogenated alkanes) is 10.